The molecule has 1 unspecified atom stereocenters. The molecule has 1 aliphatic heterocycles. The second-order valence-electron chi connectivity index (χ2n) is 9.55. The SMILES string of the molecule is C=C(NC1CCN(C)C1=O)c1cnn2c(N(C)Cc3ccc(OC)cc3)cc(Nc3ccccc3OC)nc12. The van der Waals surface area contributed by atoms with E-state index in [9.17, 15) is 4.79 Å². The standard InChI is InChI=1S/C29H33N7O3/c1-19(31-24-14-15-34(2)29(24)37)22-17-30-36-27(35(3)18-20-10-12-21(38-4)13-11-20)16-26(33-28(22)36)32-23-8-6-7-9-25(23)39-5/h6-13,16-17,24,31H,1,14-15,18H2,2-5H3,(H,32,33). The Balaban J connectivity index is 1.52. The number of benzene rings is 2. The molecule has 1 fully saturated rings. The Kier molecular flexibility index (Phi) is 7.27. The third-order valence-electron chi connectivity index (χ3n) is 6.89. The molecule has 2 aromatic heterocycles. The monoisotopic (exact) mass is 527 g/mol. The average molecular weight is 528 g/mol. The average Bonchev–Trinajstić information content (AvgIpc) is 3.52. The summed E-state index contributed by atoms with van der Waals surface area (Å²) in [7, 11) is 7.11. The predicted molar refractivity (Wildman–Crippen MR) is 153 cm³/mol. The van der Waals surface area contributed by atoms with Crippen LogP contribution in [0.25, 0.3) is 11.3 Å². The summed E-state index contributed by atoms with van der Waals surface area (Å²) in [6.45, 7) is 5.57. The van der Waals surface area contributed by atoms with Gasteiger partial charge in [0, 0.05) is 38.9 Å². The molecule has 0 saturated carbocycles. The van der Waals surface area contributed by atoms with E-state index in [1.54, 1.807) is 29.8 Å². The van der Waals surface area contributed by atoms with Crippen LogP contribution in [0.15, 0.2) is 67.4 Å². The van der Waals surface area contributed by atoms with Gasteiger partial charge in [0.2, 0.25) is 5.91 Å². The second-order valence-corrected chi connectivity index (χ2v) is 9.55. The Morgan fingerprint density at radius 1 is 1.15 bits per heavy atom. The van der Waals surface area contributed by atoms with Gasteiger partial charge in [-0.3, -0.25) is 4.79 Å². The quantitative estimate of drug-likeness (QED) is 0.321. The summed E-state index contributed by atoms with van der Waals surface area (Å²) < 4.78 is 12.6. The highest BCUT2D eigenvalue weighted by Crippen LogP contribution is 2.30. The Morgan fingerprint density at radius 2 is 1.92 bits per heavy atom. The van der Waals surface area contributed by atoms with Crippen molar-refractivity contribution in [3.8, 4) is 11.5 Å². The first kappa shape index (κ1) is 25.9. The minimum atomic E-state index is -0.315. The number of fused-ring (bicyclic) bond motifs is 1. The Hall–Kier alpha value is -4.73. The zero-order valence-corrected chi connectivity index (χ0v) is 22.6. The molecule has 2 aromatic carbocycles. The molecular weight excluding hydrogens is 494 g/mol. The van der Waals surface area contributed by atoms with Crippen LogP contribution in [0.4, 0.5) is 17.3 Å². The first-order chi connectivity index (χ1) is 18.9. The van der Waals surface area contributed by atoms with Crippen molar-refractivity contribution >= 4 is 34.6 Å². The lowest BCUT2D eigenvalue weighted by molar-refractivity contribution is -0.128. The minimum absolute atomic E-state index is 0.0547. The molecule has 4 aromatic rings. The normalized spacial score (nSPS) is 14.9. The molecule has 10 nitrogen and oxygen atoms in total. The Bertz CT molecular complexity index is 1500. The predicted octanol–water partition coefficient (Wildman–Crippen LogP) is 3.92. The Labute approximate surface area is 227 Å². The van der Waals surface area contributed by atoms with Gasteiger partial charge in [-0.15, -0.1) is 0 Å². The molecule has 1 amide bonds. The molecule has 1 atom stereocenters. The molecule has 1 saturated heterocycles. The third-order valence-corrected chi connectivity index (χ3v) is 6.89. The zero-order valence-electron chi connectivity index (χ0n) is 22.6. The number of anilines is 3. The third kappa shape index (κ3) is 5.31. The fourth-order valence-electron chi connectivity index (χ4n) is 4.71. The number of carbonyl (C=O) groups is 1. The van der Waals surface area contributed by atoms with Crippen LogP contribution in [0.5, 0.6) is 11.5 Å². The van der Waals surface area contributed by atoms with Crippen LogP contribution in [-0.2, 0) is 11.3 Å². The minimum Gasteiger partial charge on any atom is -0.497 e. The van der Waals surface area contributed by atoms with E-state index in [4.69, 9.17) is 14.5 Å². The van der Waals surface area contributed by atoms with Crippen LogP contribution in [0.1, 0.15) is 17.5 Å². The second kappa shape index (κ2) is 10.9. The summed E-state index contributed by atoms with van der Waals surface area (Å²) in [5, 5.41) is 11.4. The van der Waals surface area contributed by atoms with Gasteiger partial charge in [-0.25, -0.2) is 4.98 Å². The zero-order chi connectivity index (χ0) is 27.5. The van der Waals surface area contributed by atoms with Crippen LogP contribution < -0.4 is 25.0 Å². The molecule has 5 rings (SSSR count). The number of rotatable bonds is 10. The van der Waals surface area contributed by atoms with Crippen molar-refractivity contribution in [2.75, 3.05) is 45.1 Å². The number of hydrogen-bond acceptors (Lipinski definition) is 8. The topological polar surface area (TPSA) is 96.3 Å². The molecule has 39 heavy (non-hydrogen) atoms. The number of hydrogen-bond donors (Lipinski definition) is 2. The highest BCUT2D eigenvalue weighted by molar-refractivity contribution is 5.86. The summed E-state index contributed by atoms with van der Waals surface area (Å²) in [6.07, 6.45) is 2.45. The van der Waals surface area contributed by atoms with Gasteiger partial charge in [0.25, 0.3) is 0 Å². The van der Waals surface area contributed by atoms with E-state index in [0.29, 0.717) is 36.0 Å². The van der Waals surface area contributed by atoms with E-state index in [1.807, 2.05) is 68.7 Å². The molecule has 0 bridgehead atoms. The number of carbonyl (C=O) groups excluding carboxylic acids is 1. The smallest absolute Gasteiger partial charge is 0.244 e. The van der Waals surface area contributed by atoms with Gasteiger partial charge >= 0.3 is 0 Å². The van der Waals surface area contributed by atoms with E-state index in [2.05, 4.69) is 27.2 Å². The molecule has 0 radical (unpaired) electrons. The van der Waals surface area contributed by atoms with Gasteiger partial charge in [-0.05, 0) is 36.2 Å². The molecule has 1 aliphatic rings. The molecule has 0 spiro atoms. The van der Waals surface area contributed by atoms with Crippen molar-refractivity contribution < 1.29 is 14.3 Å². The summed E-state index contributed by atoms with van der Waals surface area (Å²) in [5.41, 5.74) is 3.84. The van der Waals surface area contributed by atoms with E-state index in [1.165, 1.54) is 0 Å². The van der Waals surface area contributed by atoms with Crippen LogP contribution in [-0.4, -0.2) is 66.3 Å². The molecule has 0 aliphatic carbocycles. The summed E-state index contributed by atoms with van der Waals surface area (Å²) in [6, 6.07) is 17.3. The lowest BCUT2D eigenvalue weighted by Crippen LogP contribution is -2.35. The largest absolute Gasteiger partial charge is 0.497 e. The summed E-state index contributed by atoms with van der Waals surface area (Å²) in [4.78, 5) is 21.2. The maximum atomic E-state index is 12.5. The number of nitrogens with one attached hydrogen (secondary N) is 2. The van der Waals surface area contributed by atoms with Gasteiger partial charge < -0.3 is 29.9 Å². The molecular formula is C29H33N7O3. The first-order valence-electron chi connectivity index (χ1n) is 12.7. The molecule has 2 N–H and O–H groups in total. The lowest BCUT2D eigenvalue weighted by atomic mass is 10.2. The van der Waals surface area contributed by atoms with Crippen LogP contribution in [0, 0.1) is 0 Å². The van der Waals surface area contributed by atoms with Gasteiger partial charge in [0.05, 0.1) is 31.7 Å². The summed E-state index contributed by atoms with van der Waals surface area (Å²) >= 11 is 0. The van der Waals surface area contributed by atoms with Gasteiger partial charge in [0.15, 0.2) is 5.65 Å². The number of likely N-dealkylation sites (tertiary alicyclic amines) is 1. The number of likely N-dealkylation sites (N-methyl/N-ethyl adjacent to an activating group) is 1. The maximum absolute atomic E-state index is 12.5. The summed E-state index contributed by atoms with van der Waals surface area (Å²) in [5.74, 6) is 3.01. The fraction of sp³-hybridized carbons (Fsp3) is 0.276. The van der Waals surface area contributed by atoms with Crippen LogP contribution in [0.2, 0.25) is 0 Å². The van der Waals surface area contributed by atoms with Crippen molar-refractivity contribution in [3.63, 3.8) is 0 Å². The van der Waals surface area contributed by atoms with Gasteiger partial charge in [-0.1, -0.05) is 30.8 Å². The number of methoxy groups -OCH3 is 2. The fourth-order valence-corrected chi connectivity index (χ4v) is 4.71. The van der Waals surface area contributed by atoms with Gasteiger partial charge in [-0.2, -0.15) is 9.61 Å². The first-order valence-corrected chi connectivity index (χ1v) is 12.7. The molecule has 3 heterocycles. The number of nitrogens with zero attached hydrogens (tertiary/aromatic N) is 5. The van der Waals surface area contributed by atoms with E-state index >= 15 is 0 Å². The van der Waals surface area contributed by atoms with Crippen molar-refractivity contribution in [1.82, 2.24) is 24.8 Å². The van der Waals surface area contributed by atoms with E-state index < -0.39 is 0 Å². The number of amides is 1. The lowest BCUT2D eigenvalue weighted by Gasteiger charge is -2.22. The molecule has 10 heteroatoms. The van der Waals surface area contributed by atoms with Crippen molar-refractivity contribution in [3.05, 3.63) is 78.5 Å². The Morgan fingerprint density at radius 3 is 2.62 bits per heavy atom. The van der Waals surface area contributed by atoms with Crippen LogP contribution in [0.3, 0.4) is 0 Å². The van der Waals surface area contributed by atoms with E-state index in [0.717, 1.165) is 34.8 Å². The van der Waals surface area contributed by atoms with Gasteiger partial charge in [0.1, 0.15) is 29.2 Å². The van der Waals surface area contributed by atoms with Crippen molar-refractivity contribution in [1.29, 1.82) is 0 Å². The van der Waals surface area contributed by atoms with Crippen LogP contribution >= 0.6 is 0 Å². The number of ether oxygens (including phenoxy) is 2. The van der Waals surface area contributed by atoms with E-state index in [-0.39, 0.29) is 11.9 Å². The maximum Gasteiger partial charge on any atom is 0.244 e. The highest BCUT2D eigenvalue weighted by atomic mass is 16.5. The molecule has 202 valence electrons. The van der Waals surface area contributed by atoms with Crippen molar-refractivity contribution in [2.24, 2.45) is 0 Å². The number of para-hydroxylation sites is 2. The number of aromatic nitrogens is 3. The van der Waals surface area contributed by atoms with Crippen molar-refractivity contribution in [2.45, 2.75) is 19.0 Å². The highest BCUT2D eigenvalue weighted by Gasteiger charge is 2.30.